The van der Waals surface area contributed by atoms with Gasteiger partial charge in [0.1, 0.15) is 42.7 Å². The van der Waals surface area contributed by atoms with Crippen molar-refractivity contribution in [3.8, 4) is 0 Å². The number of alkyl halides is 1. The van der Waals surface area contributed by atoms with Gasteiger partial charge in [-0.2, -0.15) is 0 Å². The fourth-order valence-electron chi connectivity index (χ4n) is 2.60. The Morgan fingerprint density at radius 1 is 0.875 bits per heavy atom. The molecule has 142 valence electrons. The van der Waals surface area contributed by atoms with Gasteiger partial charge in [0.25, 0.3) is 5.25 Å². The maximum Gasteiger partial charge on any atom is 0.276 e. The van der Waals surface area contributed by atoms with Gasteiger partial charge in [-0.25, -0.2) is 0 Å². The molecule has 0 saturated carbocycles. The van der Waals surface area contributed by atoms with E-state index in [1.807, 2.05) is 0 Å². The van der Waals surface area contributed by atoms with E-state index in [1.165, 1.54) is 0 Å². The van der Waals surface area contributed by atoms with Crippen LogP contribution in [0.4, 0.5) is 0 Å². The van der Waals surface area contributed by atoms with Gasteiger partial charge in [-0.15, -0.1) is 0 Å². The third-order valence-corrected chi connectivity index (χ3v) is 4.34. The lowest BCUT2D eigenvalue weighted by Gasteiger charge is -2.47. The summed E-state index contributed by atoms with van der Waals surface area (Å²) in [7, 11) is 0. The minimum Gasteiger partial charge on any atom is -0.394 e. The van der Waals surface area contributed by atoms with Crippen LogP contribution in [0.5, 0.6) is 0 Å². The third-order valence-electron chi connectivity index (χ3n) is 4.03. The van der Waals surface area contributed by atoms with Crippen LogP contribution >= 0.6 is 11.6 Å². The molecule has 8 N–H and O–H groups in total. The molecule has 2 aliphatic heterocycles. The number of aliphatic hydroxyl groups excluding tert-OH is 7. The standard InChI is InChI=1S/C12H21ClO11/c13-12(21)10(20)8(19)9(4(2-15)24-12)23-11-7(18)6(17)5(16)3(1-14)22-11/h3-11,14-21H,1-2H2/t3-,4-,5+,6+,7-,8+,9-,10-,11+,12?/m1/s1. The van der Waals surface area contributed by atoms with Crippen molar-refractivity contribution in [1.82, 2.24) is 0 Å². The SMILES string of the molecule is OC[C@H]1O[C@@H](O[C@H]2[C@H](O)[C@@H](O)C(O)(Cl)O[C@@H]2CO)[C@H](O)[C@@H](O)[C@H]1O. The zero-order chi connectivity index (χ0) is 18.2. The smallest absolute Gasteiger partial charge is 0.276 e. The fraction of sp³-hybridized carbons (Fsp3) is 1.00. The summed E-state index contributed by atoms with van der Waals surface area (Å²) in [6, 6.07) is 0. The second-order valence-corrected chi connectivity index (χ2v) is 6.22. The highest BCUT2D eigenvalue weighted by Gasteiger charge is 2.55. The van der Waals surface area contributed by atoms with Crippen LogP contribution in [0.15, 0.2) is 0 Å². The number of halogens is 1. The molecule has 11 nitrogen and oxygen atoms in total. The molecule has 0 radical (unpaired) electrons. The van der Waals surface area contributed by atoms with E-state index in [0.717, 1.165) is 0 Å². The number of aliphatic hydroxyl groups is 8. The summed E-state index contributed by atoms with van der Waals surface area (Å²) in [4.78, 5) is 0. The fourth-order valence-corrected chi connectivity index (χ4v) is 2.85. The first kappa shape index (κ1) is 20.2. The molecule has 0 amide bonds. The summed E-state index contributed by atoms with van der Waals surface area (Å²) in [5.74, 6) is 0. The lowest BCUT2D eigenvalue weighted by molar-refractivity contribution is -0.363. The van der Waals surface area contributed by atoms with Gasteiger partial charge in [0.05, 0.1) is 13.2 Å². The summed E-state index contributed by atoms with van der Waals surface area (Å²) < 4.78 is 15.2. The van der Waals surface area contributed by atoms with E-state index in [2.05, 4.69) is 0 Å². The number of hydrogen-bond acceptors (Lipinski definition) is 11. The Bertz CT molecular complexity index is 420. The molecule has 2 fully saturated rings. The van der Waals surface area contributed by atoms with Gasteiger partial charge in [0.15, 0.2) is 12.4 Å². The summed E-state index contributed by atoms with van der Waals surface area (Å²) in [5, 5.41) is 74.4. The Morgan fingerprint density at radius 2 is 1.46 bits per heavy atom. The topological polar surface area (TPSA) is 190 Å². The van der Waals surface area contributed by atoms with Crippen LogP contribution in [0.2, 0.25) is 0 Å². The van der Waals surface area contributed by atoms with Crippen LogP contribution in [0.3, 0.4) is 0 Å². The Labute approximate surface area is 141 Å². The van der Waals surface area contributed by atoms with Crippen molar-refractivity contribution in [3.05, 3.63) is 0 Å². The second kappa shape index (κ2) is 7.61. The number of hydrogen-bond donors (Lipinski definition) is 8. The molecular weight excluding hydrogens is 356 g/mol. The molecule has 0 aromatic rings. The van der Waals surface area contributed by atoms with E-state index in [-0.39, 0.29) is 0 Å². The van der Waals surface area contributed by atoms with E-state index < -0.39 is 73.6 Å². The van der Waals surface area contributed by atoms with Crippen LogP contribution in [-0.2, 0) is 14.2 Å². The number of rotatable bonds is 4. The average Bonchev–Trinajstić information content (AvgIpc) is 2.55. The Balaban J connectivity index is 2.15. The quantitative estimate of drug-likeness (QED) is 0.220. The maximum atomic E-state index is 10.0. The zero-order valence-corrected chi connectivity index (χ0v) is 13.0. The Kier molecular flexibility index (Phi) is 6.40. The van der Waals surface area contributed by atoms with Gasteiger partial charge in [-0.3, -0.25) is 0 Å². The average molecular weight is 377 g/mol. The van der Waals surface area contributed by atoms with Gasteiger partial charge in [0, 0.05) is 0 Å². The van der Waals surface area contributed by atoms with Crippen LogP contribution in [-0.4, -0.2) is 114 Å². The molecule has 0 aromatic heterocycles. The minimum atomic E-state index is -2.66. The molecule has 12 heteroatoms. The number of ether oxygens (including phenoxy) is 3. The monoisotopic (exact) mass is 376 g/mol. The van der Waals surface area contributed by atoms with Crippen LogP contribution in [0, 0.1) is 0 Å². The summed E-state index contributed by atoms with van der Waals surface area (Å²) in [6.45, 7) is -1.47. The highest BCUT2D eigenvalue weighted by Crippen LogP contribution is 2.34. The highest BCUT2D eigenvalue weighted by atomic mass is 35.5. The van der Waals surface area contributed by atoms with E-state index in [0.29, 0.717) is 0 Å². The molecule has 2 rings (SSSR count). The van der Waals surface area contributed by atoms with Crippen molar-refractivity contribution in [2.24, 2.45) is 0 Å². The van der Waals surface area contributed by atoms with E-state index >= 15 is 0 Å². The van der Waals surface area contributed by atoms with Crippen LogP contribution < -0.4 is 0 Å². The first-order valence-corrected chi connectivity index (χ1v) is 7.54. The predicted octanol–water partition coefficient (Wildman–Crippen LogP) is -4.83. The summed E-state index contributed by atoms with van der Waals surface area (Å²) in [6.07, 6.45) is -14.7. The van der Waals surface area contributed by atoms with Crippen LogP contribution in [0.1, 0.15) is 0 Å². The van der Waals surface area contributed by atoms with Crippen molar-refractivity contribution >= 4 is 11.6 Å². The molecule has 10 atom stereocenters. The van der Waals surface area contributed by atoms with Crippen molar-refractivity contribution in [2.45, 2.75) is 60.4 Å². The van der Waals surface area contributed by atoms with Gasteiger partial charge in [-0.05, 0) is 0 Å². The predicted molar refractivity (Wildman–Crippen MR) is 73.4 cm³/mol. The molecule has 0 aromatic carbocycles. The Morgan fingerprint density at radius 3 is 2.00 bits per heavy atom. The van der Waals surface area contributed by atoms with Crippen molar-refractivity contribution in [1.29, 1.82) is 0 Å². The first-order valence-electron chi connectivity index (χ1n) is 7.16. The van der Waals surface area contributed by atoms with Crippen molar-refractivity contribution < 1.29 is 55.1 Å². The minimum absolute atomic E-state index is 0.692. The molecule has 2 aliphatic rings. The summed E-state index contributed by atoms with van der Waals surface area (Å²) >= 11 is 5.49. The van der Waals surface area contributed by atoms with Gasteiger partial charge >= 0.3 is 0 Å². The lowest BCUT2D eigenvalue weighted by atomic mass is 9.97. The first-order chi connectivity index (χ1) is 11.1. The van der Waals surface area contributed by atoms with Gasteiger partial charge in [0.2, 0.25) is 0 Å². The van der Waals surface area contributed by atoms with Gasteiger partial charge < -0.3 is 55.1 Å². The molecule has 0 aliphatic carbocycles. The molecule has 0 bridgehead atoms. The van der Waals surface area contributed by atoms with E-state index in [4.69, 9.17) is 30.9 Å². The van der Waals surface area contributed by atoms with E-state index in [1.54, 1.807) is 0 Å². The largest absolute Gasteiger partial charge is 0.394 e. The molecule has 1 unspecified atom stereocenters. The molecule has 0 spiro atoms. The third kappa shape index (κ3) is 3.67. The lowest BCUT2D eigenvalue weighted by Crippen LogP contribution is -2.66. The zero-order valence-electron chi connectivity index (χ0n) is 12.3. The maximum absolute atomic E-state index is 10.0. The van der Waals surface area contributed by atoms with Gasteiger partial charge in [-0.1, -0.05) is 11.6 Å². The molecule has 2 heterocycles. The van der Waals surface area contributed by atoms with Crippen molar-refractivity contribution in [3.63, 3.8) is 0 Å². The second-order valence-electron chi connectivity index (χ2n) is 5.68. The normalized spacial score (nSPS) is 53.1. The van der Waals surface area contributed by atoms with E-state index in [9.17, 15) is 35.7 Å². The Hall–Kier alpha value is -0.150. The molecule has 2 saturated heterocycles. The molecule has 24 heavy (non-hydrogen) atoms. The van der Waals surface area contributed by atoms with Crippen LogP contribution in [0.25, 0.3) is 0 Å². The highest BCUT2D eigenvalue weighted by molar-refractivity contribution is 6.22. The summed E-state index contributed by atoms with van der Waals surface area (Å²) in [5.41, 5.74) is 0. The van der Waals surface area contributed by atoms with Crippen molar-refractivity contribution in [2.75, 3.05) is 13.2 Å². The molecular formula is C12H21ClO11.